The van der Waals surface area contributed by atoms with Crippen LogP contribution in [0.15, 0.2) is 24.3 Å². The predicted molar refractivity (Wildman–Crippen MR) is 65.3 cm³/mol. The highest BCUT2D eigenvalue weighted by atomic mass is 16.1. The van der Waals surface area contributed by atoms with Crippen LogP contribution in [0, 0.1) is 0 Å². The van der Waals surface area contributed by atoms with Crippen molar-refractivity contribution in [2.75, 3.05) is 7.05 Å². The van der Waals surface area contributed by atoms with Crippen molar-refractivity contribution in [2.24, 2.45) is 0 Å². The predicted octanol–water partition coefficient (Wildman–Crippen LogP) is 3.20. The molecule has 2 heteroatoms. The number of hydrogen-bond donors (Lipinski definition) is 1. The molecule has 1 N–H and O–H groups in total. The van der Waals surface area contributed by atoms with Gasteiger partial charge in [-0.25, -0.2) is 0 Å². The lowest BCUT2D eigenvalue weighted by molar-refractivity contribution is 0.0963. The van der Waals surface area contributed by atoms with Crippen LogP contribution in [0.5, 0.6) is 0 Å². The molecule has 0 aliphatic heterocycles. The topological polar surface area (TPSA) is 29.1 Å². The van der Waals surface area contributed by atoms with Crippen LogP contribution >= 0.6 is 0 Å². The lowest BCUT2D eigenvalue weighted by atomic mass is 10.0. The van der Waals surface area contributed by atoms with Gasteiger partial charge in [0.25, 0.3) is 5.91 Å². The minimum absolute atomic E-state index is 0.0321. The van der Waals surface area contributed by atoms with E-state index in [1.165, 1.54) is 5.56 Å². The fourth-order valence-corrected chi connectivity index (χ4v) is 1.16. The Morgan fingerprint density at radius 1 is 1.13 bits per heavy atom. The van der Waals surface area contributed by atoms with Gasteiger partial charge in [-0.05, 0) is 23.6 Å². The molecule has 84 valence electrons. The highest BCUT2D eigenvalue weighted by Crippen LogP contribution is 2.14. The number of rotatable bonds is 2. The van der Waals surface area contributed by atoms with Crippen LogP contribution < -0.4 is 5.32 Å². The second-order valence-corrected chi connectivity index (χ2v) is 3.36. The molecule has 1 aromatic carbocycles. The zero-order valence-corrected chi connectivity index (χ0v) is 10.3. The molecule has 0 aliphatic carbocycles. The van der Waals surface area contributed by atoms with E-state index in [1.807, 2.05) is 38.1 Å². The van der Waals surface area contributed by atoms with E-state index in [1.54, 1.807) is 7.05 Å². The number of benzene rings is 1. The van der Waals surface area contributed by atoms with Gasteiger partial charge < -0.3 is 5.32 Å². The Labute approximate surface area is 92.7 Å². The SMILES string of the molecule is CC.CNC(=O)c1ccc(C(C)C)cc1. The molecule has 0 fully saturated rings. The molecular formula is C13H21NO. The molecule has 1 rings (SSSR count). The van der Waals surface area contributed by atoms with Crippen LogP contribution in [-0.2, 0) is 0 Å². The molecule has 0 saturated carbocycles. The molecule has 0 aliphatic rings. The fourth-order valence-electron chi connectivity index (χ4n) is 1.16. The third-order valence-electron chi connectivity index (χ3n) is 2.07. The Hall–Kier alpha value is -1.31. The maximum absolute atomic E-state index is 11.2. The average Bonchev–Trinajstić information content (AvgIpc) is 2.31. The maximum atomic E-state index is 11.2. The largest absolute Gasteiger partial charge is 0.355 e. The van der Waals surface area contributed by atoms with Crippen molar-refractivity contribution in [3.63, 3.8) is 0 Å². The summed E-state index contributed by atoms with van der Waals surface area (Å²) in [6, 6.07) is 7.70. The summed E-state index contributed by atoms with van der Waals surface area (Å²) in [6.45, 7) is 8.27. The smallest absolute Gasteiger partial charge is 0.251 e. The monoisotopic (exact) mass is 207 g/mol. The van der Waals surface area contributed by atoms with E-state index in [2.05, 4.69) is 19.2 Å². The first-order chi connectivity index (χ1) is 7.15. The Morgan fingerprint density at radius 2 is 1.60 bits per heavy atom. The highest BCUT2D eigenvalue weighted by Gasteiger charge is 2.03. The lowest BCUT2D eigenvalue weighted by Crippen LogP contribution is -2.17. The Kier molecular flexibility index (Phi) is 6.43. The van der Waals surface area contributed by atoms with Crippen molar-refractivity contribution in [3.8, 4) is 0 Å². The molecule has 0 unspecified atom stereocenters. The van der Waals surface area contributed by atoms with Gasteiger partial charge >= 0.3 is 0 Å². The van der Waals surface area contributed by atoms with Crippen LogP contribution in [0.4, 0.5) is 0 Å². The van der Waals surface area contributed by atoms with Gasteiger partial charge in [-0.1, -0.05) is 39.8 Å². The van der Waals surface area contributed by atoms with Crippen molar-refractivity contribution in [1.29, 1.82) is 0 Å². The first kappa shape index (κ1) is 13.7. The summed E-state index contributed by atoms with van der Waals surface area (Å²) in [5, 5.41) is 2.59. The minimum Gasteiger partial charge on any atom is -0.355 e. The molecule has 15 heavy (non-hydrogen) atoms. The van der Waals surface area contributed by atoms with Crippen LogP contribution in [-0.4, -0.2) is 13.0 Å². The van der Waals surface area contributed by atoms with E-state index < -0.39 is 0 Å². The lowest BCUT2D eigenvalue weighted by Gasteiger charge is -2.05. The van der Waals surface area contributed by atoms with E-state index in [9.17, 15) is 4.79 Å². The molecule has 1 amide bonds. The van der Waals surface area contributed by atoms with Gasteiger partial charge in [-0.15, -0.1) is 0 Å². The summed E-state index contributed by atoms with van der Waals surface area (Å²) < 4.78 is 0. The van der Waals surface area contributed by atoms with Gasteiger partial charge in [0, 0.05) is 12.6 Å². The quantitative estimate of drug-likeness (QED) is 0.792. The van der Waals surface area contributed by atoms with Crippen molar-refractivity contribution >= 4 is 5.91 Å². The van der Waals surface area contributed by atoms with E-state index in [0.29, 0.717) is 11.5 Å². The van der Waals surface area contributed by atoms with Gasteiger partial charge in [-0.2, -0.15) is 0 Å². The van der Waals surface area contributed by atoms with Gasteiger partial charge in [0.2, 0.25) is 0 Å². The summed E-state index contributed by atoms with van der Waals surface area (Å²) in [6.07, 6.45) is 0. The molecule has 0 spiro atoms. The van der Waals surface area contributed by atoms with Crippen LogP contribution in [0.3, 0.4) is 0 Å². The number of carbonyl (C=O) groups is 1. The zero-order valence-electron chi connectivity index (χ0n) is 10.3. The number of amides is 1. The molecular weight excluding hydrogens is 186 g/mol. The Morgan fingerprint density at radius 3 is 1.93 bits per heavy atom. The summed E-state index contributed by atoms with van der Waals surface area (Å²) in [5.74, 6) is 0.481. The van der Waals surface area contributed by atoms with Crippen molar-refractivity contribution in [1.82, 2.24) is 5.32 Å². The van der Waals surface area contributed by atoms with Crippen molar-refractivity contribution in [3.05, 3.63) is 35.4 Å². The fraction of sp³-hybridized carbons (Fsp3) is 0.462. The minimum atomic E-state index is -0.0321. The molecule has 2 nitrogen and oxygen atoms in total. The molecule has 0 aromatic heterocycles. The summed E-state index contributed by atoms with van der Waals surface area (Å²) in [5.41, 5.74) is 1.97. The molecule has 0 bridgehead atoms. The first-order valence-corrected chi connectivity index (χ1v) is 5.47. The third-order valence-corrected chi connectivity index (χ3v) is 2.07. The second kappa shape index (κ2) is 7.04. The Balaban J connectivity index is 0.000000921. The molecule has 0 atom stereocenters. The molecule has 0 saturated heterocycles. The molecule has 1 aromatic rings. The van der Waals surface area contributed by atoms with E-state index in [4.69, 9.17) is 0 Å². The third kappa shape index (κ3) is 4.15. The summed E-state index contributed by atoms with van der Waals surface area (Å²) in [4.78, 5) is 11.2. The molecule has 0 heterocycles. The normalized spacial score (nSPS) is 9.20. The second-order valence-electron chi connectivity index (χ2n) is 3.36. The van der Waals surface area contributed by atoms with E-state index in [0.717, 1.165) is 0 Å². The number of hydrogen-bond acceptors (Lipinski definition) is 1. The highest BCUT2D eigenvalue weighted by molar-refractivity contribution is 5.93. The molecule has 0 radical (unpaired) electrons. The first-order valence-electron chi connectivity index (χ1n) is 5.47. The average molecular weight is 207 g/mol. The summed E-state index contributed by atoms with van der Waals surface area (Å²) >= 11 is 0. The van der Waals surface area contributed by atoms with Crippen molar-refractivity contribution < 1.29 is 4.79 Å². The van der Waals surface area contributed by atoms with E-state index in [-0.39, 0.29) is 5.91 Å². The van der Waals surface area contributed by atoms with Gasteiger partial charge in [-0.3, -0.25) is 4.79 Å². The Bertz CT molecular complexity index is 288. The van der Waals surface area contributed by atoms with Gasteiger partial charge in [0.15, 0.2) is 0 Å². The van der Waals surface area contributed by atoms with Crippen molar-refractivity contribution in [2.45, 2.75) is 33.6 Å². The zero-order chi connectivity index (χ0) is 11.8. The van der Waals surface area contributed by atoms with Gasteiger partial charge in [0.1, 0.15) is 0 Å². The number of carbonyl (C=O) groups excluding carboxylic acids is 1. The van der Waals surface area contributed by atoms with Crippen LogP contribution in [0.25, 0.3) is 0 Å². The van der Waals surface area contributed by atoms with Gasteiger partial charge in [0.05, 0.1) is 0 Å². The standard InChI is InChI=1S/C11H15NO.C2H6/c1-8(2)9-4-6-10(7-5-9)11(13)12-3;1-2/h4-8H,1-3H3,(H,12,13);1-2H3. The maximum Gasteiger partial charge on any atom is 0.251 e. The number of nitrogens with one attached hydrogen (secondary N) is 1. The summed E-state index contributed by atoms with van der Waals surface area (Å²) in [7, 11) is 1.64. The van der Waals surface area contributed by atoms with Crippen LogP contribution in [0.2, 0.25) is 0 Å². The van der Waals surface area contributed by atoms with E-state index >= 15 is 0 Å². The van der Waals surface area contributed by atoms with Crippen LogP contribution in [0.1, 0.15) is 49.5 Å².